The predicted octanol–water partition coefficient (Wildman–Crippen LogP) is 3.75. The molecule has 0 aliphatic carbocycles. The maximum atomic E-state index is 10.1. The van der Waals surface area contributed by atoms with E-state index in [0.717, 1.165) is 13.8 Å². The molecule has 2 aromatic rings. The van der Waals surface area contributed by atoms with Crippen LogP contribution in [0, 0.1) is 0 Å². The van der Waals surface area contributed by atoms with E-state index in [-0.39, 0.29) is 0 Å². The number of aliphatic hydroxyl groups is 1. The summed E-state index contributed by atoms with van der Waals surface area (Å²) in [6.45, 7) is 0. The van der Waals surface area contributed by atoms with Crippen LogP contribution in [0.5, 0.6) is 0 Å². The van der Waals surface area contributed by atoms with E-state index in [9.17, 15) is 5.11 Å². The van der Waals surface area contributed by atoms with Crippen molar-refractivity contribution in [3.8, 4) is 0 Å². The van der Waals surface area contributed by atoms with Gasteiger partial charge in [0.25, 0.3) is 0 Å². The van der Waals surface area contributed by atoms with Crippen LogP contribution in [0.1, 0.15) is 16.7 Å². The molecule has 0 saturated heterocycles. The van der Waals surface area contributed by atoms with Crippen LogP contribution in [0.25, 0.3) is 0 Å². The highest BCUT2D eigenvalue weighted by Crippen LogP contribution is 2.32. The summed E-state index contributed by atoms with van der Waals surface area (Å²) in [6.07, 6.45) is 1.02. The fraction of sp³-hybridized carbons (Fsp3) is 0.100. The molecule has 0 aromatic carbocycles. The minimum absolute atomic E-state index is 0.654. The molecule has 0 fully saturated rings. The van der Waals surface area contributed by atoms with E-state index in [4.69, 9.17) is 0 Å². The molecule has 0 spiro atoms. The monoisotopic (exact) mass is 347 g/mol. The van der Waals surface area contributed by atoms with Gasteiger partial charge in [0, 0.05) is 15.1 Å². The van der Waals surface area contributed by atoms with Crippen LogP contribution in [-0.2, 0) is 0 Å². The molecule has 0 saturated carbocycles. The third kappa shape index (κ3) is 2.47. The first-order valence-electron chi connectivity index (χ1n) is 4.21. The second-order valence-electron chi connectivity index (χ2n) is 2.94. The predicted molar refractivity (Wildman–Crippen MR) is 68.0 cm³/mol. The van der Waals surface area contributed by atoms with E-state index >= 15 is 0 Å². The summed E-state index contributed by atoms with van der Waals surface area (Å²) in [4.78, 5) is 5.04. The van der Waals surface area contributed by atoms with Crippen LogP contribution in [0.3, 0.4) is 0 Å². The number of halogens is 2. The van der Waals surface area contributed by atoms with E-state index < -0.39 is 6.10 Å². The van der Waals surface area contributed by atoms with Crippen molar-refractivity contribution >= 4 is 43.2 Å². The van der Waals surface area contributed by atoms with Crippen molar-refractivity contribution in [2.75, 3.05) is 0 Å². The van der Waals surface area contributed by atoms with Crippen molar-refractivity contribution in [2.45, 2.75) is 6.10 Å². The normalized spacial score (nSPS) is 12.7. The van der Waals surface area contributed by atoms with Gasteiger partial charge in [0.1, 0.15) is 6.10 Å². The Hall–Kier alpha value is -0.230. The molecule has 5 heteroatoms. The molecule has 2 heterocycles. The smallest absolute Gasteiger partial charge is 0.131 e. The summed E-state index contributed by atoms with van der Waals surface area (Å²) >= 11 is 8.21. The fourth-order valence-corrected chi connectivity index (χ4v) is 3.00. The third-order valence-corrected chi connectivity index (χ3v) is 4.32. The van der Waals surface area contributed by atoms with Gasteiger partial charge in [-0.05, 0) is 55.4 Å². The van der Waals surface area contributed by atoms with E-state index in [0.29, 0.717) is 5.69 Å². The lowest BCUT2D eigenvalue weighted by atomic mass is 10.2. The summed E-state index contributed by atoms with van der Waals surface area (Å²) in [7, 11) is 0. The highest BCUT2D eigenvalue weighted by atomic mass is 79.9. The van der Waals surface area contributed by atoms with Gasteiger partial charge in [0.2, 0.25) is 0 Å². The van der Waals surface area contributed by atoms with Gasteiger partial charge in [0.05, 0.1) is 10.6 Å². The maximum Gasteiger partial charge on any atom is 0.131 e. The molecule has 2 aromatic heterocycles. The molecule has 1 atom stereocenters. The number of hydrogen-bond acceptors (Lipinski definition) is 3. The summed E-state index contributed by atoms with van der Waals surface area (Å²) in [6, 6.07) is 5.59. The van der Waals surface area contributed by atoms with Gasteiger partial charge in [-0.25, -0.2) is 0 Å². The summed E-state index contributed by atoms with van der Waals surface area (Å²) in [5, 5.41) is 12.0. The van der Waals surface area contributed by atoms with E-state index in [1.807, 2.05) is 17.5 Å². The summed E-state index contributed by atoms with van der Waals surface area (Å²) < 4.78 is 1.83. The molecule has 1 unspecified atom stereocenters. The number of thiophene rings is 1. The zero-order valence-electron chi connectivity index (χ0n) is 7.52. The average molecular weight is 349 g/mol. The zero-order chi connectivity index (χ0) is 10.8. The van der Waals surface area contributed by atoms with Gasteiger partial charge < -0.3 is 5.11 Å². The molecular weight excluding hydrogens is 342 g/mol. The Morgan fingerprint density at radius 1 is 1.27 bits per heavy atom. The topological polar surface area (TPSA) is 33.1 Å². The van der Waals surface area contributed by atoms with Crippen LogP contribution in [0.4, 0.5) is 0 Å². The number of pyridine rings is 1. The molecule has 2 rings (SSSR count). The second-order valence-corrected chi connectivity index (χ2v) is 5.65. The van der Waals surface area contributed by atoms with Crippen LogP contribution in [0.2, 0.25) is 0 Å². The Morgan fingerprint density at radius 2 is 2.07 bits per heavy atom. The van der Waals surface area contributed by atoms with Crippen molar-refractivity contribution in [2.24, 2.45) is 0 Å². The van der Waals surface area contributed by atoms with Crippen LogP contribution >= 0.6 is 43.2 Å². The molecule has 2 nitrogen and oxygen atoms in total. The fourth-order valence-electron chi connectivity index (χ4n) is 1.18. The highest BCUT2D eigenvalue weighted by molar-refractivity contribution is 9.10. The first-order valence-corrected chi connectivity index (χ1v) is 6.67. The van der Waals surface area contributed by atoms with Crippen molar-refractivity contribution in [1.29, 1.82) is 0 Å². The lowest BCUT2D eigenvalue weighted by Crippen LogP contribution is -2.00. The molecular formula is C10H7Br2NOS. The number of rotatable bonds is 2. The highest BCUT2D eigenvalue weighted by Gasteiger charge is 2.15. The lowest BCUT2D eigenvalue weighted by Gasteiger charge is -2.08. The Balaban J connectivity index is 2.32. The molecule has 15 heavy (non-hydrogen) atoms. The third-order valence-electron chi connectivity index (χ3n) is 1.92. The van der Waals surface area contributed by atoms with E-state index in [2.05, 4.69) is 36.8 Å². The van der Waals surface area contributed by atoms with Crippen molar-refractivity contribution in [3.63, 3.8) is 0 Å². The standard InChI is InChI=1S/C10H7Br2NOS/c11-6-1-2-8(13-5-6)9(14)10-7(12)3-4-15-10/h1-5,9,14H. The molecule has 1 N–H and O–H groups in total. The first kappa shape index (κ1) is 11.3. The minimum atomic E-state index is -0.660. The summed E-state index contributed by atoms with van der Waals surface area (Å²) in [5.74, 6) is 0. The van der Waals surface area contributed by atoms with E-state index in [1.54, 1.807) is 12.3 Å². The van der Waals surface area contributed by atoms with Crippen LogP contribution in [-0.4, -0.2) is 10.1 Å². The molecule has 78 valence electrons. The Morgan fingerprint density at radius 3 is 2.60 bits per heavy atom. The number of nitrogens with zero attached hydrogens (tertiary/aromatic N) is 1. The van der Waals surface area contributed by atoms with Crippen molar-refractivity contribution < 1.29 is 5.11 Å². The van der Waals surface area contributed by atoms with E-state index in [1.165, 1.54) is 11.3 Å². The van der Waals surface area contributed by atoms with Gasteiger partial charge >= 0.3 is 0 Å². The molecule has 0 aliphatic heterocycles. The maximum absolute atomic E-state index is 10.1. The SMILES string of the molecule is OC(c1ccc(Br)cn1)c1sccc1Br. The lowest BCUT2D eigenvalue weighted by molar-refractivity contribution is 0.218. The van der Waals surface area contributed by atoms with Crippen LogP contribution in [0.15, 0.2) is 38.7 Å². The molecule has 0 radical (unpaired) electrons. The van der Waals surface area contributed by atoms with Crippen LogP contribution < -0.4 is 0 Å². The molecule has 0 bridgehead atoms. The summed E-state index contributed by atoms with van der Waals surface area (Å²) in [5.41, 5.74) is 0.654. The Kier molecular flexibility index (Phi) is 3.56. The van der Waals surface area contributed by atoms with Gasteiger partial charge in [-0.3, -0.25) is 4.98 Å². The van der Waals surface area contributed by atoms with Crippen molar-refractivity contribution in [3.05, 3.63) is 49.3 Å². The van der Waals surface area contributed by atoms with Gasteiger partial charge in [-0.15, -0.1) is 11.3 Å². The number of aromatic nitrogens is 1. The Labute approximate surface area is 108 Å². The van der Waals surface area contributed by atoms with Gasteiger partial charge in [-0.1, -0.05) is 0 Å². The number of hydrogen-bond donors (Lipinski definition) is 1. The number of aliphatic hydroxyl groups excluding tert-OH is 1. The zero-order valence-corrected chi connectivity index (χ0v) is 11.5. The first-order chi connectivity index (χ1) is 7.18. The largest absolute Gasteiger partial charge is 0.381 e. The average Bonchev–Trinajstić information content (AvgIpc) is 2.65. The molecule has 0 aliphatic rings. The van der Waals surface area contributed by atoms with Crippen molar-refractivity contribution in [1.82, 2.24) is 4.98 Å². The second kappa shape index (κ2) is 4.74. The Bertz CT molecular complexity index is 455. The van der Waals surface area contributed by atoms with Gasteiger partial charge in [-0.2, -0.15) is 0 Å². The van der Waals surface area contributed by atoms with Gasteiger partial charge in [0.15, 0.2) is 0 Å². The minimum Gasteiger partial charge on any atom is -0.381 e. The molecule has 0 amide bonds. The quantitative estimate of drug-likeness (QED) is 0.896.